The maximum atomic E-state index is 11.2. The minimum Gasteiger partial charge on any atom is -0.335 e. The molecule has 1 aliphatic heterocycles. The van der Waals surface area contributed by atoms with Crippen LogP contribution in [0.1, 0.15) is 24.6 Å². The predicted molar refractivity (Wildman–Crippen MR) is 123 cm³/mol. The van der Waals surface area contributed by atoms with Gasteiger partial charge in [0.25, 0.3) is 10.1 Å². The Morgan fingerprint density at radius 3 is 2.70 bits per heavy atom. The monoisotopic (exact) mass is 441 g/mol. The zero-order valence-electron chi connectivity index (χ0n) is 17.1. The SMILES string of the molecule is CC[n+]1c(/C=C2/Sc3ccc(C)cc3N2CCCS(=O)(=O)O)ccc2ccccc21. The summed E-state index contributed by atoms with van der Waals surface area (Å²) in [5.41, 5.74) is 4.53. The average Bonchev–Trinajstić information content (AvgIpc) is 3.03. The lowest BCUT2D eigenvalue weighted by Gasteiger charge is -2.20. The molecule has 0 saturated carbocycles. The van der Waals surface area contributed by atoms with Gasteiger partial charge in [-0.1, -0.05) is 30.0 Å². The fourth-order valence-corrected chi connectivity index (χ4v) is 5.45. The number of nitrogens with zero attached hydrogens (tertiary/aromatic N) is 2. The van der Waals surface area contributed by atoms with Gasteiger partial charge in [0.2, 0.25) is 11.2 Å². The number of anilines is 1. The van der Waals surface area contributed by atoms with Crippen molar-refractivity contribution in [2.24, 2.45) is 0 Å². The Balaban J connectivity index is 1.74. The number of rotatable bonds is 6. The van der Waals surface area contributed by atoms with Crippen molar-refractivity contribution in [3.63, 3.8) is 0 Å². The van der Waals surface area contributed by atoms with Crippen molar-refractivity contribution in [2.75, 3.05) is 17.2 Å². The summed E-state index contributed by atoms with van der Waals surface area (Å²) in [6.07, 6.45) is 2.53. The molecule has 2 heterocycles. The number of thioether (sulfide) groups is 1. The molecule has 0 saturated heterocycles. The second-order valence-corrected chi connectivity index (χ2v) is 10.0. The highest BCUT2D eigenvalue weighted by Crippen LogP contribution is 2.47. The zero-order valence-corrected chi connectivity index (χ0v) is 18.7. The number of aromatic nitrogens is 1. The van der Waals surface area contributed by atoms with Gasteiger partial charge in [0.1, 0.15) is 6.54 Å². The van der Waals surface area contributed by atoms with Crippen molar-refractivity contribution in [1.82, 2.24) is 0 Å². The molecule has 0 radical (unpaired) electrons. The average molecular weight is 442 g/mol. The van der Waals surface area contributed by atoms with Crippen molar-refractivity contribution in [1.29, 1.82) is 0 Å². The fraction of sp³-hybridized carbons (Fsp3) is 0.261. The topological polar surface area (TPSA) is 61.5 Å². The minimum atomic E-state index is -3.97. The maximum Gasteiger partial charge on any atom is 0.264 e. The highest BCUT2D eigenvalue weighted by atomic mass is 32.2. The van der Waals surface area contributed by atoms with E-state index < -0.39 is 10.1 Å². The van der Waals surface area contributed by atoms with E-state index in [1.165, 1.54) is 10.9 Å². The number of fused-ring (bicyclic) bond motifs is 2. The number of pyridine rings is 1. The molecule has 7 heteroatoms. The normalized spacial score (nSPS) is 15.2. The molecule has 30 heavy (non-hydrogen) atoms. The van der Waals surface area contributed by atoms with Gasteiger partial charge < -0.3 is 4.90 Å². The summed E-state index contributed by atoms with van der Waals surface area (Å²) in [6.45, 7) is 5.56. The van der Waals surface area contributed by atoms with Gasteiger partial charge in [0, 0.05) is 35.0 Å². The van der Waals surface area contributed by atoms with E-state index >= 15 is 0 Å². The molecule has 4 rings (SSSR count). The van der Waals surface area contributed by atoms with E-state index in [2.05, 4.69) is 77.9 Å². The van der Waals surface area contributed by atoms with Crippen molar-refractivity contribution in [3.8, 4) is 0 Å². The second-order valence-electron chi connectivity index (χ2n) is 7.41. The standard InChI is InChI=1S/C23H24N2O3S2/c1-3-24-19(11-10-18-7-4-5-8-20(18)24)16-23-25(13-6-14-30(26,27)28)21-15-17(2)9-12-22(21)29-23/h4-5,7-12,15-16H,3,6,13-14H2,1-2H3/p+1. The van der Waals surface area contributed by atoms with Gasteiger partial charge in [-0.25, -0.2) is 0 Å². The van der Waals surface area contributed by atoms with Crippen LogP contribution in [0.4, 0.5) is 5.69 Å². The van der Waals surface area contributed by atoms with Crippen LogP contribution < -0.4 is 9.47 Å². The van der Waals surface area contributed by atoms with Crippen LogP contribution >= 0.6 is 11.8 Å². The zero-order chi connectivity index (χ0) is 21.3. The van der Waals surface area contributed by atoms with Crippen LogP contribution in [0, 0.1) is 6.92 Å². The summed E-state index contributed by atoms with van der Waals surface area (Å²) in [4.78, 5) is 3.32. The number of hydrogen-bond donors (Lipinski definition) is 1. The number of benzene rings is 2. The Hall–Kier alpha value is -2.35. The van der Waals surface area contributed by atoms with E-state index in [1.807, 2.05) is 6.07 Å². The molecule has 5 nitrogen and oxygen atoms in total. The number of para-hydroxylation sites is 1. The highest BCUT2D eigenvalue weighted by Gasteiger charge is 2.27. The van der Waals surface area contributed by atoms with E-state index in [0.29, 0.717) is 13.0 Å². The Morgan fingerprint density at radius 2 is 1.93 bits per heavy atom. The molecule has 3 aromatic rings. The van der Waals surface area contributed by atoms with Crippen LogP contribution in [0.2, 0.25) is 0 Å². The number of aryl methyl sites for hydroxylation is 2. The molecule has 0 fully saturated rings. The molecule has 156 valence electrons. The summed E-state index contributed by atoms with van der Waals surface area (Å²) >= 11 is 1.69. The van der Waals surface area contributed by atoms with Gasteiger partial charge in [-0.2, -0.15) is 13.0 Å². The van der Waals surface area contributed by atoms with E-state index in [1.54, 1.807) is 11.8 Å². The maximum absolute atomic E-state index is 11.2. The van der Waals surface area contributed by atoms with Crippen molar-refractivity contribution >= 4 is 44.5 Å². The Kier molecular flexibility index (Phi) is 5.86. The van der Waals surface area contributed by atoms with Gasteiger partial charge in [0.15, 0.2) is 0 Å². The summed E-state index contributed by atoms with van der Waals surface area (Å²) in [5.74, 6) is -0.243. The fourth-order valence-electron chi connectivity index (χ4n) is 3.84. The van der Waals surface area contributed by atoms with Crippen molar-refractivity contribution in [3.05, 3.63) is 70.9 Å². The molecule has 1 aliphatic rings. The highest BCUT2D eigenvalue weighted by molar-refractivity contribution is 8.03. The van der Waals surface area contributed by atoms with Gasteiger partial charge in [-0.3, -0.25) is 4.55 Å². The van der Waals surface area contributed by atoms with Crippen LogP contribution in [0.25, 0.3) is 17.0 Å². The molecule has 0 atom stereocenters. The van der Waals surface area contributed by atoms with E-state index in [-0.39, 0.29) is 5.75 Å². The summed E-state index contributed by atoms with van der Waals surface area (Å²) in [7, 11) is -3.97. The third kappa shape index (κ3) is 4.38. The third-order valence-corrected chi connectivity index (χ3v) is 7.15. The van der Waals surface area contributed by atoms with E-state index in [4.69, 9.17) is 4.55 Å². The molecule has 0 aliphatic carbocycles. The summed E-state index contributed by atoms with van der Waals surface area (Å²) in [6, 6.07) is 18.9. The van der Waals surface area contributed by atoms with Crippen molar-refractivity contribution < 1.29 is 17.5 Å². The first kappa shape index (κ1) is 20.9. The van der Waals surface area contributed by atoms with Crippen LogP contribution in [-0.4, -0.2) is 25.3 Å². The lowest BCUT2D eigenvalue weighted by molar-refractivity contribution is -0.669. The smallest absolute Gasteiger partial charge is 0.264 e. The third-order valence-electron chi connectivity index (χ3n) is 5.23. The molecule has 1 N–H and O–H groups in total. The molecular weight excluding hydrogens is 416 g/mol. The first-order valence-electron chi connectivity index (χ1n) is 10.0. The number of hydrogen-bond acceptors (Lipinski definition) is 4. The van der Waals surface area contributed by atoms with E-state index in [9.17, 15) is 8.42 Å². The molecule has 1 aromatic heterocycles. The van der Waals surface area contributed by atoms with Crippen molar-refractivity contribution in [2.45, 2.75) is 31.7 Å². The first-order chi connectivity index (χ1) is 14.4. The van der Waals surface area contributed by atoms with Crippen LogP contribution in [0.3, 0.4) is 0 Å². The van der Waals surface area contributed by atoms with E-state index in [0.717, 1.165) is 33.4 Å². The van der Waals surface area contributed by atoms with Gasteiger partial charge in [-0.05, 0) is 50.1 Å². The lowest BCUT2D eigenvalue weighted by Crippen LogP contribution is -2.37. The second kappa shape index (κ2) is 8.41. The lowest BCUT2D eigenvalue weighted by atomic mass is 10.1. The molecule has 0 bridgehead atoms. The quantitative estimate of drug-likeness (QED) is 0.446. The molecule has 2 aromatic carbocycles. The Morgan fingerprint density at radius 1 is 1.13 bits per heavy atom. The van der Waals surface area contributed by atoms with Gasteiger partial charge in [-0.15, -0.1) is 0 Å². The predicted octanol–water partition coefficient (Wildman–Crippen LogP) is 4.64. The largest absolute Gasteiger partial charge is 0.335 e. The molecule has 0 amide bonds. The van der Waals surface area contributed by atoms with Crippen LogP contribution in [0.5, 0.6) is 0 Å². The Bertz CT molecular complexity index is 1240. The van der Waals surface area contributed by atoms with Gasteiger partial charge >= 0.3 is 0 Å². The first-order valence-corrected chi connectivity index (χ1v) is 12.4. The molecule has 0 unspecified atom stereocenters. The minimum absolute atomic E-state index is 0.243. The summed E-state index contributed by atoms with van der Waals surface area (Å²) in [5, 5.41) is 2.26. The molecular formula is C23H25N2O3S2+. The van der Waals surface area contributed by atoms with Crippen LogP contribution in [0.15, 0.2) is 64.5 Å². The van der Waals surface area contributed by atoms with Gasteiger partial charge in [0.05, 0.1) is 16.5 Å². The summed E-state index contributed by atoms with van der Waals surface area (Å²) < 4.78 is 33.8. The van der Waals surface area contributed by atoms with Crippen LogP contribution in [-0.2, 0) is 16.7 Å². The molecule has 0 spiro atoms. The Labute approximate surface area is 181 Å².